The molecule has 0 saturated carbocycles. The Kier molecular flexibility index (Phi) is 3.02. The summed E-state index contributed by atoms with van der Waals surface area (Å²) in [7, 11) is 0. The molecule has 2 heteroatoms. The molecule has 105 valence electrons. The van der Waals surface area contributed by atoms with Gasteiger partial charge >= 0.3 is 0 Å². The van der Waals surface area contributed by atoms with Gasteiger partial charge in [-0.25, -0.2) is 0 Å². The number of rotatable bonds is 2. The van der Waals surface area contributed by atoms with E-state index >= 15 is 0 Å². The third kappa shape index (κ3) is 2.01. The minimum atomic E-state index is 0.383. The fourth-order valence-electron chi connectivity index (χ4n) is 2.92. The van der Waals surface area contributed by atoms with Crippen LogP contribution >= 0.6 is 0 Å². The van der Waals surface area contributed by atoms with Crippen LogP contribution in [0.5, 0.6) is 5.75 Å². The van der Waals surface area contributed by atoms with E-state index in [1.54, 1.807) is 0 Å². The lowest BCUT2D eigenvalue weighted by Crippen LogP contribution is -1.89. The standard InChI is InChI=1S/C20H13O2/c21-22-20-18-8-4-3-6-15(18)11-12-19(20)17-10-9-14-5-1-2-7-16(14)13-17/h1-13H. The van der Waals surface area contributed by atoms with Crippen LogP contribution in [0.1, 0.15) is 0 Å². The van der Waals surface area contributed by atoms with Gasteiger partial charge in [-0.05, 0) is 33.9 Å². The number of hydrogen-bond acceptors (Lipinski definition) is 1. The van der Waals surface area contributed by atoms with E-state index < -0.39 is 0 Å². The van der Waals surface area contributed by atoms with Crippen molar-refractivity contribution in [3.63, 3.8) is 0 Å². The minimum Gasteiger partial charge on any atom is -0.304 e. The molecule has 0 unspecified atom stereocenters. The summed E-state index contributed by atoms with van der Waals surface area (Å²) in [5.41, 5.74) is 1.80. The van der Waals surface area contributed by atoms with Gasteiger partial charge in [0.2, 0.25) is 0 Å². The van der Waals surface area contributed by atoms with Crippen LogP contribution < -0.4 is 4.89 Å². The van der Waals surface area contributed by atoms with Crippen molar-refractivity contribution in [2.45, 2.75) is 0 Å². The van der Waals surface area contributed by atoms with Crippen LogP contribution in [0.2, 0.25) is 0 Å². The third-order valence-corrected chi connectivity index (χ3v) is 4.02. The van der Waals surface area contributed by atoms with Crippen LogP contribution in [-0.4, -0.2) is 0 Å². The first-order chi connectivity index (χ1) is 10.9. The second-order valence-electron chi connectivity index (χ2n) is 5.31. The van der Waals surface area contributed by atoms with Crippen molar-refractivity contribution in [2.75, 3.05) is 0 Å². The first-order valence-corrected chi connectivity index (χ1v) is 7.17. The van der Waals surface area contributed by atoms with Crippen molar-refractivity contribution in [1.82, 2.24) is 0 Å². The summed E-state index contributed by atoms with van der Waals surface area (Å²) >= 11 is 0. The van der Waals surface area contributed by atoms with Crippen LogP contribution in [0.4, 0.5) is 0 Å². The zero-order chi connectivity index (χ0) is 14.9. The second-order valence-corrected chi connectivity index (χ2v) is 5.31. The molecule has 0 N–H and O–H groups in total. The maximum absolute atomic E-state index is 11.3. The van der Waals surface area contributed by atoms with Crippen LogP contribution in [-0.2, 0) is 5.26 Å². The van der Waals surface area contributed by atoms with Crippen molar-refractivity contribution in [2.24, 2.45) is 0 Å². The predicted octanol–water partition coefficient (Wildman–Crippen LogP) is 5.38. The molecule has 4 aromatic carbocycles. The zero-order valence-corrected chi connectivity index (χ0v) is 11.8. The number of hydrogen-bond donors (Lipinski definition) is 0. The van der Waals surface area contributed by atoms with Crippen molar-refractivity contribution < 1.29 is 10.1 Å². The van der Waals surface area contributed by atoms with Gasteiger partial charge < -0.3 is 4.89 Å². The van der Waals surface area contributed by atoms with Gasteiger partial charge in [0.15, 0.2) is 5.75 Å². The normalized spacial score (nSPS) is 11.0. The Labute approximate surface area is 128 Å². The Morgan fingerprint density at radius 2 is 1.32 bits per heavy atom. The van der Waals surface area contributed by atoms with Gasteiger partial charge in [0, 0.05) is 16.2 Å². The summed E-state index contributed by atoms with van der Waals surface area (Å²) in [6, 6.07) is 26.0. The third-order valence-electron chi connectivity index (χ3n) is 4.02. The highest BCUT2D eigenvalue weighted by molar-refractivity contribution is 5.96. The Morgan fingerprint density at radius 1 is 0.636 bits per heavy atom. The van der Waals surface area contributed by atoms with E-state index in [1.807, 2.05) is 54.6 Å². The average molecular weight is 285 g/mol. The lowest BCUT2D eigenvalue weighted by molar-refractivity contribution is -0.206. The average Bonchev–Trinajstić information content (AvgIpc) is 2.60. The summed E-state index contributed by atoms with van der Waals surface area (Å²) < 4.78 is 0. The first-order valence-electron chi connectivity index (χ1n) is 7.17. The van der Waals surface area contributed by atoms with Crippen molar-refractivity contribution >= 4 is 21.5 Å². The molecule has 0 atom stereocenters. The van der Waals surface area contributed by atoms with Crippen LogP contribution in [0, 0.1) is 0 Å². The quantitative estimate of drug-likeness (QED) is 0.359. The lowest BCUT2D eigenvalue weighted by atomic mass is 9.97. The van der Waals surface area contributed by atoms with Gasteiger partial charge in [0.1, 0.15) is 0 Å². The van der Waals surface area contributed by atoms with Crippen molar-refractivity contribution in [3.8, 4) is 16.9 Å². The second kappa shape index (κ2) is 5.17. The molecule has 0 amide bonds. The molecule has 0 aromatic heterocycles. The van der Waals surface area contributed by atoms with E-state index in [0.717, 1.165) is 27.3 Å². The summed E-state index contributed by atoms with van der Waals surface area (Å²) in [5.74, 6) is 0.383. The van der Waals surface area contributed by atoms with Crippen molar-refractivity contribution in [3.05, 3.63) is 78.9 Å². The fourth-order valence-corrected chi connectivity index (χ4v) is 2.92. The maximum atomic E-state index is 11.3. The lowest BCUT2D eigenvalue weighted by Gasteiger charge is -2.10. The number of fused-ring (bicyclic) bond motifs is 2. The molecular weight excluding hydrogens is 272 g/mol. The van der Waals surface area contributed by atoms with E-state index in [4.69, 9.17) is 0 Å². The zero-order valence-electron chi connectivity index (χ0n) is 11.8. The molecule has 0 aliphatic carbocycles. The molecule has 4 rings (SSSR count). The van der Waals surface area contributed by atoms with Gasteiger partial charge in [-0.15, -0.1) is 0 Å². The molecule has 4 aromatic rings. The molecule has 0 saturated heterocycles. The van der Waals surface area contributed by atoms with Gasteiger partial charge in [-0.3, -0.25) is 0 Å². The molecule has 1 radical (unpaired) electrons. The number of benzene rings is 4. The van der Waals surface area contributed by atoms with Gasteiger partial charge in [0.25, 0.3) is 0 Å². The molecule has 0 aliphatic heterocycles. The highest BCUT2D eigenvalue weighted by atomic mass is 17.1. The summed E-state index contributed by atoms with van der Waals surface area (Å²) in [6.07, 6.45) is 0. The molecular formula is C20H13O2. The molecule has 0 spiro atoms. The molecule has 0 fully saturated rings. The molecule has 0 bridgehead atoms. The Morgan fingerprint density at radius 3 is 2.14 bits per heavy atom. The highest BCUT2D eigenvalue weighted by Gasteiger charge is 2.12. The molecule has 2 nitrogen and oxygen atoms in total. The minimum absolute atomic E-state index is 0.383. The molecule has 0 aliphatic rings. The SMILES string of the molecule is [O]Oc1c(-c2ccc3ccccc3c2)ccc2ccccc12. The van der Waals surface area contributed by atoms with Crippen LogP contribution in [0.15, 0.2) is 78.9 Å². The fraction of sp³-hybridized carbons (Fsp3) is 0. The van der Waals surface area contributed by atoms with Gasteiger partial charge in [-0.2, -0.15) is 0 Å². The summed E-state index contributed by atoms with van der Waals surface area (Å²) in [6.45, 7) is 0. The van der Waals surface area contributed by atoms with Crippen LogP contribution in [0.3, 0.4) is 0 Å². The predicted molar refractivity (Wildman–Crippen MR) is 88.2 cm³/mol. The van der Waals surface area contributed by atoms with Gasteiger partial charge in [0.05, 0.1) is 0 Å². The van der Waals surface area contributed by atoms with E-state index in [0.29, 0.717) is 5.75 Å². The Balaban J connectivity index is 1.99. The van der Waals surface area contributed by atoms with E-state index in [2.05, 4.69) is 29.2 Å². The van der Waals surface area contributed by atoms with E-state index in [-0.39, 0.29) is 0 Å². The van der Waals surface area contributed by atoms with Gasteiger partial charge in [-0.1, -0.05) is 66.7 Å². The summed E-state index contributed by atoms with van der Waals surface area (Å²) in [4.78, 5) is 4.48. The molecule has 0 heterocycles. The van der Waals surface area contributed by atoms with E-state index in [9.17, 15) is 5.26 Å². The monoisotopic (exact) mass is 285 g/mol. The largest absolute Gasteiger partial charge is 0.304 e. The van der Waals surface area contributed by atoms with Crippen LogP contribution in [0.25, 0.3) is 32.7 Å². The Hall–Kier alpha value is -2.84. The molecule has 22 heavy (non-hydrogen) atoms. The van der Waals surface area contributed by atoms with Crippen molar-refractivity contribution in [1.29, 1.82) is 0 Å². The smallest absolute Gasteiger partial charge is 0.184 e. The van der Waals surface area contributed by atoms with E-state index in [1.165, 1.54) is 5.39 Å². The topological polar surface area (TPSA) is 29.1 Å². The summed E-state index contributed by atoms with van der Waals surface area (Å²) in [5, 5.41) is 15.5. The first kappa shape index (κ1) is 12.9. The Bertz CT molecular complexity index is 973. The maximum Gasteiger partial charge on any atom is 0.184 e. The highest BCUT2D eigenvalue weighted by Crippen LogP contribution is 2.37.